The van der Waals surface area contributed by atoms with Gasteiger partial charge in [0, 0.05) is 6.54 Å². The van der Waals surface area contributed by atoms with E-state index in [4.69, 9.17) is 4.74 Å². The highest BCUT2D eigenvalue weighted by molar-refractivity contribution is 7.92. The normalized spacial score (nSPS) is 11.1. The summed E-state index contributed by atoms with van der Waals surface area (Å²) in [5, 5.41) is 2.80. The Morgan fingerprint density at radius 3 is 2.29 bits per heavy atom. The number of para-hydroxylation sites is 1. The molecule has 0 unspecified atom stereocenters. The van der Waals surface area contributed by atoms with E-state index in [1.54, 1.807) is 42.5 Å². The van der Waals surface area contributed by atoms with Gasteiger partial charge in [-0.15, -0.1) is 0 Å². The molecule has 28 heavy (non-hydrogen) atoms. The fourth-order valence-corrected chi connectivity index (χ4v) is 4.12. The van der Waals surface area contributed by atoms with E-state index in [1.807, 2.05) is 6.92 Å². The highest BCUT2D eigenvalue weighted by Gasteiger charge is 2.27. The van der Waals surface area contributed by atoms with Crippen molar-refractivity contribution in [1.29, 1.82) is 0 Å². The van der Waals surface area contributed by atoms with E-state index in [0.717, 1.165) is 23.6 Å². The number of amides is 1. The van der Waals surface area contributed by atoms with Gasteiger partial charge in [0.15, 0.2) is 0 Å². The summed E-state index contributed by atoms with van der Waals surface area (Å²) in [4.78, 5) is 12.5. The summed E-state index contributed by atoms with van der Waals surface area (Å²) < 4.78 is 32.9. The van der Waals surface area contributed by atoms with Gasteiger partial charge >= 0.3 is 0 Å². The van der Waals surface area contributed by atoms with Gasteiger partial charge in [0.2, 0.25) is 5.91 Å². The molecule has 0 fully saturated rings. The van der Waals surface area contributed by atoms with Crippen LogP contribution >= 0.6 is 0 Å². The van der Waals surface area contributed by atoms with Crippen molar-refractivity contribution in [3.8, 4) is 5.75 Å². The molecule has 6 nitrogen and oxygen atoms in total. The van der Waals surface area contributed by atoms with Crippen LogP contribution in [0.2, 0.25) is 0 Å². The fourth-order valence-electron chi connectivity index (χ4n) is 2.70. The molecule has 2 aromatic carbocycles. The van der Waals surface area contributed by atoms with Crippen molar-refractivity contribution < 1.29 is 17.9 Å². The van der Waals surface area contributed by atoms with Crippen molar-refractivity contribution in [2.24, 2.45) is 0 Å². The largest absolute Gasteiger partial charge is 0.494 e. The first-order chi connectivity index (χ1) is 13.5. The van der Waals surface area contributed by atoms with Crippen LogP contribution in [0, 0.1) is 0 Å². The Bertz CT molecular complexity index is 836. The summed E-state index contributed by atoms with van der Waals surface area (Å²) in [6.45, 7) is 4.72. The van der Waals surface area contributed by atoms with Crippen LogP contribution in [-0.4, -0.2) is 34.0 Å². The van der Waals surface area contributed by atoms with E-state index in [9.17, 15) is 13.2 Å². The van der Waals surface area contributed by atoms with Crippen LogP contribution in [0.3, 0.4) is 0 Å². The molecule has 0 radical (unpaired) electrons. The van der Waals surface area contributed by atoms with Crippen LogP contribution in [0.1, 0.15) is 33.1 Å². The summed E-state index contributed by atoms with van der Waals surface area (Å²) in [6.07, 6.45) is 2.95. The Labute approximate surface area is 167 Å². The maximum Gasteiger partial charge on any atom is 0.264 e. The summed E-state index contributed by atoms with van der Waals surface area (Å²) in [7, 11) is -3.90. The highest BCUT2D eigenvalue weighted by Crippen LogP contribution is 2.24. The zero-order chi connectivity index (χ0) is 20.4. The molecule has 1 amide bonds. The first kappa shape index (κ1) is 21.8. The third-order valence-electron chi connectivity index (χ3n) is 4.16. The smallest absolute Gasteiger partial charge is 0.264 e. The first-order valence-electron chi connectivity index (χ1n) is 9.56. The quantitative estimate of drug-likeness (QED) is 0.581. The third kappa shape index (κ3) is 5.99. The van der Waals surface area contributed by atoms with Gasteiger partial charge in [-0.05, 0) is 49.7 Å². The Balaban J connectivity index is 2.24. The lowest BCUT2D eigenvalue weighted by Gasteiger charge is -2.24. The van der Waals surface area contributed by atoms with E-state index >= 15 is 0 Å². The standard InChI is InChI=1S/C21H28N2O4S/c1-3-5-9-16-22-21(24)17-23(18-10-7-6-8-11-18)28(25,26)20-14-12-19(13-15-20)27-4-2/h6-8,10-15H,3-5,9,16-17H2,1-2H3,(H,22,24). The Kier molecular flexibility index (Phi) is 8.32. The molecule has 152 valence electrons. The topological polar surface area (TPSA) is 75.7 Å². The van der Waals surface area contributed by atoms with E-state index in [2.05, 4.69) is 12.2 Å². The lowest BCUT2D eigenvalue weighted by Crippen LogP contribution is -2.41. The van der Waals surface area contributed by atoms with Gasteiger partial charge < -0.3 is 10.1 Å². The summed E-state index contributed by atoms with van der Waals surface area (Å²) in [5.41, 5.74) is 0.445. The fraction of sp³-hybridized carbons (Fsp3) is 0.381. The highest BCUT2D eigenvalue weighted by atomic mass is 32.2. The van der Waals surface area contributed by atoms with Crippen molar-refractivity contribution in [1.82, 2.24) is 5.32 Å². The van der Waals surface area contributed by atoms with Crippen LogP contribution in [0.5, 0.6) is 5.75 Å². The van der Waals surface area contributed by atoms with Crippen LogP contribution in [0.15, 0.2) is 59.5 Å². The van der Waals surface area contributed by atoms with Gasteiger partial charge in [-0.2, -0.15) is 0 Å². The zero-order valence-electron chi connectivity index (χ0n) is 16.4. The maximum absolute atomic E-state index is 13.2. The molecule has 0 aliphatic rings. The van der Waals surface area contributed by atoms with E-state index < -0.39 is 10.0 Å². The minimum absolute atomic E-state index is 0.110. The number of nitrogens with zero attached hydrogens (tertiary/aromatic N) is 1. The second-order valence-corrected chi connectivity index (χ2v) is 8.17. The van der Waals surface area contributed by atoms with E-state index in [-0.39, 0.29) is 17.3 Å². The molecular formula is C21H28N2O4S. The number of carbonyl (C=O) groups is 1. The SMILES string of the molecule is CCCCCNC(=O)CN(c1ccccc1)S(=O)(=O)c1ccc(OCC)cc1. The van der Waals surface area contributed by atoms with E-state index in [0.29, 0.717) is 24.6 Å². The minimum Gasteiger partial charge on any atom is -0.494 e. The number of anilines is 1. The average Bonchev–Trinajstić information content (AvgIpc) is 2.70. The van der Waals surface area contributed by atoms with Crippen LogP contribution in [0.4, 0.5) is 5.69 Å². The van der Waals surface area contributed by atoms with Crippen molar-refractivity contribution in [3.63, 3.8) is 0 Å². The molecule has 2 rings (SSSR count). The molecule has 0 bridgehead atoms. The maximum atomic E-state index is 13.2. The van der Waals surface area contributed by atoms with Crippen LogP contribution in [-0.2, 0) is 14.8 Å². The van der Waals surface area contributed by atoms with Gasteiger partial charge in [-0.3, -0.25) is 9.10 Å². The molecule has 1 N–H and O–H groups in total. The molecule has 0 atom stereocenters. The monoisotopic (exact) mass is 404 g/mol. The molecule has 0 saturated carbocycles. The number of unbranched alkanes of at least 4 members (excludes halogenated alkanes) is 2. The van der Waals surface area contributed by atoms with Crippen molar-refractivity contribution in [2.45, 2.75) is 38.0 Å². The molecule has 0 heterocycles. The zero-order valence-corrected chi connectivity index (χ0v) is 17.2. The predicted octanol–water partition coefficient (Wildman–Crippen LogP) is 3.59. The number of benzene rings is 2. The minimum atomic E-state index is -3.90. The molecule has 0 aliphatic heterocycles. The number of hydrogen-bond donors (Lipinski definition) is 1. The Hall–Kier alpha value is -2.54. The van der Waals surface area contributed by atoms with Crippen LogP contribution < -0.4 is 14.4 Å². The first-order valence-corrected chi connectivity index (χ1v) is 11.0. The molecule has 0 aromatic heterocycles. The molecule has 0 saturated heterocycles. The van der Waals surface area contributed by atoms with Crippen molar-refractivity contribution in [2.75, 3.05) is 24.0 Å². The summed E-state index contributed by atoms with van der Waals surface area (Å²) >= 11 is 0. The number of rotatable bonds is 11. The number of hydrogen-bond acceptors (Lipinski definition) is 4. The average molecular weight is 405 g/mol. The Morgan fingerprint density at radius 1 is 1.00 bits per heavy atom. The van der Waals surface area contributed by atoms with Gasteiger partial charge in [0.25, 0.3) is 10.0 Å². The lowest BCUT2D eigenvalue weighted by molar-refractivity contribution is -0.119. The predicted molar refractivity (Wildman–Crippen MR) is 111 cm³/mol. The third-order valence-corrected chi connectivity index (χ3v) is 5.94. The van der Waals surface area contributed by atoms with Gasteiger partial charge in [-0.25, -0.2) is 8.42 Å². The van der Waals surface area contributed by atoms with Gasteiger partial charge in [-0.1, -0.05) is 38.0 Å². The van der Waals surface area contributed by atoms with Crippen LogP contribution in [0.25, 0.3) is 0 Å². The summed E-state index contributed by atoms with van der Waals surface area (Å²) in [5.74, 6) is 0.274. The Morgan fingerprint density at radius 2 is 1.68 bits per heavy atom. The molecule has 0 aliphatic carbocycles. The molecule has 7 heteroatoms. The van der Waals surface area contributed by atoms with Gasteiger partial charge in [0.05, 0.1) is 17.2 Å². The van der Waals surface area contributed by atoms with Crippen molar-refractivity contribution >= 4 is 21.6 Å². The number of sulfonamides is 1. The van der Waals surface area contributed by atoms with Gasteiger partial charge in [0.1, 0.15) is 12.3 Å². The van der Waals surface area contributed by atoms with Crippen molar-refractivity contribution in [3.05, 3.63) is 54.6 Å². The lowest BCUT2D eigenvalue weighted by atomic mass is 10.2. The molecular weight excluding hydrogens is 376 g/mol. The van der Waals surface area contributed by atoms with E-state index in [1.165, 1.54) is 12.1 Å². The second-order valence-electron chi connectivity index (χ2n) is 6.31. The summed E-state index contributed by atoms with van der Waals surface area (Å²) in [6, 6.07) is 14.9. The second kappa shape index (κ2) is 10.7. The number of nitrogens with one attached hydrogen (secondary N) is 1. The number of carbonyl (C=O) groups excluding carboxylic acids is 1. The molecule has 2 aromatic rings. The number of ether oxygens (including phenoxy) is 1. The molecule has 0 spiro atoms.